The van der Waals surface area contributed by atoms with Crippen LogP contribution < -0.4 is 5.32 Å². The van der Waals surface area contributed by atoms with Crippen molar-refractivity contribution in [1.82, 2.24) is 4.98 Å². The minimum Gasteiger partial charge on any atom is -0.479 e. The average Bonchev–Trinajstić information content (AvgIpc) is 2.38. The average molecular weight is 278 g/mol. The lowest BCUT2D eigenvalue weighted by Crippen LogP contribution is -2.40. The van der Waals surface area contributed by atoms with E-state index in [0.717, 1.165) is 18.3 Å². The van der Waals surface area contributed by atoms with Crippen molar-refractivity contribution in [2.75, 3.05) is 5.32 Å². The zero-order valence-corrected chi connectivity index (χ0v) is 10.6. The third-order valence-corrected chi connectivity index (χ3v) is 2.93. The third-order valence-electron chi connectivity index (χ3n) is 2.93. The van der Waals surface area contributed by atoms with Crippen molar-refractivity contribution in [2.45, 2.75) is 12.5 Å². The van der Waals surface area contributed by atoms with Crippen LogP contribution in [0.4, 0.5) is 14.5 Å². The SMILES string of the molecule is CC(Nc1cccc(F)c1)(C(=O)O)c1cncc(F)c1. The number of anilines is 1. The predicted molar refractivity (Wildman–Crippen MR) is 69.2 cm³/mol. The highest BCUT2D eigenvalue weighted by atomic mass is 19.1. The Morgan fingerprint density at radius 2 is 2.00 bits per heavy atom. The van der Waals surface area contributed by atoms with Gasteiger partial charge in [0, 0.05) is 17.4 Å². The number of aliphatic carboxylic acids is 1. The molecule has 1 unspecified atom stereocenters. The van der Waals surface area contributed by atoms with E-state index in [2.05, 4.69) is 10.3 Å². The lowest BCUT2D eigenvalue weighted by molar-refractivity contribution is -0.142. The lowest BCUT2D eigenvalue weighted by Gasteiger charge is -2.27. The summed E-state index contributed by atoms with van der Waals surface area (Å²) in [5, 5.41) is 12.1. The summed E-state index contributed by atoms with van der Waals surface area (Å²) >= 11 is 0. The van der Waals surface area contributed by atoms with Gasteiger partial charge in [0.1, 0.15) is 11.6 Å². The highest BCUT2D eigenvalue weighted by molar-refractivity contribution is 5.84. The van der Waals surface area contributed by atoms with Gasteiger partial charge < -0.3 is 10.4 Å². The summed E-state index contributed by atoms with van der Waals surface area (Å²) in [6.45, 7) is 1.36. The monoisotopic (exact) mass is 278 g/mol. The number of aromatic nitrogens is 1. The molecule has 2 aromatic rings. The number of carbonyl (C=O) groups is 1. The molecule has 104 valence electrons. The number of carboxylic acid groups (broad SMARTS) is 1. The summed E-state index contributed by atoms with van der Waals surface area (Å²) < 4.78 is 26.4. The van der Waals surface area contributed by atoms with E-state index >= 15 is 0 Å². The van der Waals surface area contributed by atoms with Gasteiger partial charge in [-0.15, -0.1) is 0 Å². The van der Waals surface area contributed by atoms with Gasteiger partial charge >= 0.3 is 5.97 Å². The van der Waals surface area contributed by atoms with E-state index in [1.807, 2.05) is 0 Å². The Bertz CT molecular complexity index is 649. The predicted octanol–water partition coefficient (Wildman–Crippen LogP) is 2.77. The Balaban J connectivity index is 2.42. The van der Waals surface area contributed by atoms with Gasteiger partial charge in [-0.1, -0.05) is 6.07 Å². The molecular weight excluding hydrogens is 266 g/mol. The van der Waals surface area contributed by atoms with Gasteiger partial charge in [0.05, 0.1) is 6.20 Å². The molecule has 2 rings (SSSR count). The molecule has 0 spiro atoms. The second-order valence-corrected chi connectivity index (χ2v) is 4.46. The Kier molecular flexibility index (Phi) is 3.65. The maximum atomic E-state index is 13.2. The van der Waals surface area contributed by atoms with Crippen LogP contribution in [0.2, 0.25) is 0 Å². The Labute approximate surface area is 114 Å². The summed E-state index contributed by atoms with van der Waals surface area (Å²) in [7, 11) is 0. The summed E-state index contributed by atoms with van der Waals surface area (Å²) in [6, 6.07) is 6.45. The number of halogens is 2. The summed E-state index contributed by atoms with van der Waals surface area (Å²) in [5.74, 6) is -2.37. The van der Waals surface area contributed by atoms with Gasteiger partial charge in [-0.2, -0.15) is 0 Å². The van der Waals surface area contributed by atoms with Crippen LogP contribution in [0.3, 0.4) is 0 Å². The molecule has 0 aliphatic carbocycles. The molecule has 0 bridgehead atoms. The van der Waals surface area contributed by atoms with E-state index < -0.39 is 23.1 Å². The van der Waals surface area contributed by atoms with Crippen molar-refractivity contribution in [3.63, 3.8) is 0 Å². The Morgan fingerprint density at radius 1 is 1.25 bits per heavy atom. The zero-order chi connectivity index (χ0) is 14.8. The molecular formula is C14H12F2N2O2. The van der Waals surface area contributed by atoms with E-state index in [-0.39, 0.29) is 11.3 Å². The molecule has 2 N–H and O–H groups in total. The van der Waals surface area contributed by atoms with Crippen LogP contribution in [0, 0.1) is 11.6 Å². The van der Waals surface area contributed by atoms with Gasteiger partial charge in [0.15, 0.2) is 5.54 Å². The number of nitrogens with one attached hydrogen (secondary N) is 1. The first-order valence-electron chi connectivity index (χ1n) is 5.80. The molecule has 0 fully saturated rings. The van der Waals surface area contributed by atoms with Crippen molar-refractivity contribution in [2.24, 2.45) is 0 Å². The molecule has 0 radical (unpaired) electrons. The lowest BCUT2D eigenvalue weighted by atomic mass is 9.93. The number of pyridine rings is 1. The molecule has 0 saturated heterocycles. The van der Waals surface area contributed by atoms with Crippen molar-refractivity contribution < 1.29 is 18.7 Å². The maximum absolute atomic E-state index is 13.2. The number of benzene rings is 1. The molecule has 6 heteroatoms. The van der Waals surface area contributed by atoms with Gasteiger partial charge in [0.25, 0.3) is 0 Å². The van der Waals surface area contributed by atoms with Crippen molar-refractivity contribution in [3.05, 3.63) is 59.9 Å². The van der Waals surface area contributed by atoms with E-state index in [1.54, 1.807) is 0 Å². The minimum atomic E-state index is -1.62. The van der Waals surface area contributed by atoms with Crippen LogP contribution in [-0.2, 0) is 10.3 Å². The zero-order valence-electron chi connectivity index (χ0n) is 10.6. The van der Waals surface area contributed by atoms with E-state index in [4.69, 9.17) is 0 Å². The van der Waals surface area contributed by atoms with Crippen LogP contribution in [0.1, 0.15) is 12.5 Å². The van der Waals surface area contributed by atoms with E-state index in [9.17, 15) is 18.7 Å². The van der Waals surface area contributed by atoms with Crippen molar-refractivity contribution >= 4 is 11.7 Å². The van der Waals surface area contributed by atoms with Gasteiger partial charge in [-0.3, -0.25) is 4.98 Å². The standard InChI is InChI=1S/C14H12F2N2O2/c1-14(13(19)20,9-5-11(16)8-17-7-9)18-12-4-2-3-10(15)6-12/h2-8,18H,1H3,(H,19,20). The number of nitrogens with zero attached hydrogens (tertiary/aromatic N) is 1. The number of hydrogen-bond acceptors (Lipinski definition) is 3. The van der Waals surface area contributed by atoms with Gasteiger partial charge in [-0.05, 0) is 31.2 Å². The Morgan fingerprint density at radius 3 is 2.60 bits per heavy atom. The van der Waals surface area contributed by atoms with E-state index in [1.165, 1.54) is 31.3 Å². The summed E-state index contributed by atoms with van der Waals surface area (Å²) in [6.07, 6.45) is 2.23. The van der Waals surface area contributed by atoms with Crippen LogP contribution in [0.25, 0.3) is 0 Å². The molecule has 1 atom stereocenters. The molecule has 20 heavy (non-hydrogen) atoms. The molecule has 1 aromatic carbocycles. The Hall–Kier alpha value is -2.50. The van der Waals surface area contributed by atoms with Crippen molar-refractivity contribution in [3.8, 4) is 0 Å². The topological polar surface area (TPSA) is 62.2 Å². The van der Waals surface area contributed by atoms with Crippen LogP contribution in [-0.4, -0.2) is 16.1 Å². The molecule has 0 amide bonds. The third kappa shape index (κ3) is 2.74. The molecule has 0 aliphatic heterocycles. The quantitative estimate of drug-likeness (QED) is 0.902. The molecule has 4 nitrogen and oxygen atoms in total. The maximum Gasteiger partial charge on any atom is 0.333 e. The number of rotatable bonds is 4. The highest BCUT2D eigenvalue weighted by Crippen LogP contribution is 2.26. The fourth-order valence-electron chi connectivity index (χ4n) is 1.79. The van der Waals surface area contributed by atoms with Gasteiger partial charge in [0.2, 0.25) is 0 Å². The van der Waals surface area contributed by atoms with Crippen LogP contribution in [0.5, 0.6) is 0 Å². The normalized spacial score (nSPS) is 13.6. The largest absolute Gasteiger partial charge is 0.479 e. The molecule has 0 aliphatic rings. The number of carboxylic acids is 1. The molecule has 0 saturated carbocycles. The first-order chi connectivity index (χ1) is 9.41. The van der Waals surface area contributed by atoms with Crippen molar-refractivity contribution in [1.29, 1.82) is 0 Å². The summed E-state index contributed by atoms with van der Waals surface area (Å²) in [4.78, 5) is 15.2. The summed E-state index contributed by atoms with van der Waals surface area (Å²) in [5.41, 5.74) is -1.21. The first kappa shape index (κ1) is 13.9. The van der Waals surface area contributed by atoms with Crippen LogP contribution in [0.15, 0.2) is 42.7 Å². The second kappa shape index (κ2) is 5.24. The highest BCUT2D eigenvalue weighted by Gasteiger charge is 2.36. The molecule has 1 aromatic heterocycles. The second-order valence-electron chi connectivity index (χ2n) is 4.46. The first-order valence-corrected chi connectivity index (χ1v) is 5.80. The van der Waals surface area contributed by atoms with E-state index in [0.29, 0.717) is 0 Å². The van der Waals surface area contributed by atoms with Gasteiger partial charge in [-0.25, -0.2) is 13.6 Å². The van der Waals surface area contributed by atoms with Crippen LogP contribution >= 0.6 is 0 Å². The fraction of sp³-hybridized carbons (Fsp3) is 0.143. The smallest absolute Gasteiger partial charge is 0.333 e. The minimum absolute atomic E-state index is 0.134. The molecule has 1 heterocycles. The fourth-order valence-corrected chi connectivity index (χ4v) is 1.79. The number of hydrogen-bond donors (Lipinski definition) is 2.